The minimum atomic E-state index is -0.544. The Morgan fingerprint density at radius 2 is 1.94 bits per heavy atom. The molecule has 0 aliphatic rings. The minimum Gasteiger partial charge on any atom is -0.493 e. The van der Waals surface area contributed by atoms with E-state index < -0.39 is 5.97 Å². The van der Waals surface area contributed by atoms with Gasteiger partial charge in [0.25, 0.3) is 5.56 Å². The molecule has 8 heteroatoms. The summed E-state index contributed by atoms with van der Waals surface area (Å²) in [6.07, 6.45) is 4.51. The van der Waals surface area contributed by atoms with Gasteiger partial charge in [-0.15, -0.1) is 0 Å². The quantitative estimate of drug-likeness (QED) is 0.283. The molecule has 0 radical (unpaired) electrons. The summed E-state index contributed by atoms with van der Waals surface area (Å²) in [7, 11) is 1.47. The molecule has 154 valence electrons. The molecule has 8 nitrogen and oxygen atoms in total. The van der Waals surface area contributed by atoms with Crippen molar-refractivity contribution in [1.29, 1.82) is 0 Å². The van der Waals surface area contributed by atoms with E-state index in [1.165, 1.54) is 24.2 Å². The first kappa shape index (κ1) is 20.0. The third-order valence-electron chi connectivity index (χ3n) is 4.53. The number of hydrogen-bond acceptors (Lipinski definition) is 7. The zero-order valence-corrected chi connectivity index (χ0v) is 16.9. The van der Waals surface area contributed by atoms with Crippen molar-refractivity contribution in [3.05, 3.63) is 94.3 Å². The largest absolute Gasteiger partial charge is 0.493 e. The summed E-state index contributed by atoms with van der Waals surface area (Å²) in [6.45, 7) is 1.72. The van der Waals surface area contributed by atoms with E-state index in [0.29, 0.717) is 33.6 Å². The van der Waals surface area contributed by atoms with Crippen LogP contribution in [0.15, 0.2) is 76.9 Å². The lowest BCUT2D eigenvalue weighted by molar-refractivity contribution is 0.0729. The van der Waals surface area contributed by atoms with Crippen LogP contribution in [0.3, 0.4) is 0 Å². The van der Waals surface area contributed by atoms with E-state index in [9.17, 15) is 9.59 Å². The highest BCUT2D eigenvalue weighted by Crippen LogP contribution is 2.28. The van der Waals surface area contributed by atoms with Gasteiger partial charge in [-0.05, 0) is 55.0 Å². The average Bonchev–Trinajstić information content (AvgIpc) is 2.80. The summed E-state index contributed by atoms with van der Waals surface area (Å²) in [5.74, 6) is 0.530. The number of para-hydroxylation sites is 1. The first-order chi connectivity index (χ1) is 15.1. The molecule has 0 saturated heterocycles. The number of benzene rings is 2. The SMILES string of the molecule is COc1cc(C=Nn2c(C)nc3ccccc3c2=O)ccc1OC(=O)c1cccnc1. The molecule has 2 heterocycles. The number of ether oxygens (including phenoxy) is 2. The summed E-state index contributed by atoms with van der Waals surface area (Å²) in [5.41, 5.74) is 1.34. The van der Waals surface area contributed by atoms with Crippen molar-refractivity contribution in [3.8, 4) is 11.5 Å². The fourth-order valence-electron chi connectivity index (χ4n) is 2.99. The average molecular weight is 414 g/mol. The third-order valence-corrected chi connectivity index (χ3v) is 4.53. The zero-order chi connectivity index (χ0) is 21.8. The molecule has 0 unspecified atom stereocenters. The van der Waals surface area contributed by atoms with Gasteiger partial charge < -0.3 is 9.47 Å². The van der Waals surface area contributed by atoms with Gasteiger partial charge in [-0.3, -0.25) is 9.78 Å². The number of hydrogen-bond donors (Lipinski definition) is 0. The van der Waals surface area contributed by atoms with Gasteiger partial charge in [0.05, 0.1) is 29.8 Å². The van der Waals surface area contributed by atoms with Gasteiger partial charge in [0.1, 0.15) is 5.82 Å². The molecule has 4 rings (SSSR count). The number of fused-ring (bicyclic) bond motifs is 1. The highest BCUT2D eigenvalue weighted by atomic mass is 16.6. The van der Waals surface area contributed by atoms with Crippen LogP contribution in [-0.2, 0) is 0 Å². The topological polar surface area (TPSA) is 95.7 Å². The van der Waals surface area contributed by atoms with E-state index in [1.807, 2.05) is 6.07 Å². The monoisotopic (exact) mass is 414 g/mol. The Hall–Kier alpha value is -4.33. The Kier molecular flexibility index (Phi) is 5.53. The maximum absolute atomic E-state index is 12.7. The van der Waals surface area contributed by atoms with Crippen molar-refractivity contribution in [2.75, 3.05) is 7.11 Å². The molecule has 4 aromatic rings. The van der Waals surface area contributed by atoms with Gasteiger partial charge in [0.15, 0.2) is 11.5 Å². The van der Waals surface area contributed by atoms with Crippen LogP contribution in [0.2, 0.25) is 0 Å². The van der Waals surface area contributed by atoms with Crippen molar-refractivity contribution in [3.63, 3.8) is 0 Å². The number of carbonyl (C=O) groups excluding carboxylic acids is 1. The fraction of sp³-hybridized carbons (Fsp3) is 0.0870. The van der Waals surface area contributed by atoms with Crippen LogP contribution in [-0.4, -0.2) is 33.9 Å². The van der Waals surface area contributed by atoms with E-state index >= 15 is 0 Å². The maximum Gasteiger partial charge on any atom is 0.345 e. The van der Waals surface area contributed by atoms with Gasteiger partial charge in [-0.25, -0.2) is 9.78 Å². The van der Waals surface area contributed by atoms with Crippen LogP contribution < -0.4 is 15.0 Å². The normalized spacial score (nSPS) is 11.0. The van der Waals surface area contributed by atoms with E-state index in [-0.39, 0.29) is 11.3 Å². The molecule has 2 aromatic heterocycles. The molecule has 0 aliphatic carbocycles. The van der Waals surface area contributed by atoms with Gasteiger partial charge in [0, 0.05) is 12.4 Å². The van der Waals surface area contributed by atoms with E-state index in [0.717, 1.165) is 0 Å². The minimum absolute atomic E-state index is 0.256. The molecule has 2 aromatic carbocycles. The van der Waals surface area contributed by atoms with Crippen molar-refractivity contribution < 1.29 is 14.3 Å². The first-order valence-electron chi connectivity index (χ1n) is 9.40. The van der Waals surface area contributed by atoms with E-state index in [4.69, 9.17) is 9.47 Å². The summed E-state index contributed by atoms with van der Waals surface area (Å²) in [5, 5.41) is 4.77. The Balaban J connectivity index is 1.61. The second-order valence-corrected chi connectivity index (χ2v) is 6.58. The second-order valence-electron chi connectivity index (χ2n) is 6.58. The predicted molar refractivity (Wildman–Crippen MR) is 116 cm³/mol. The molecule has 31 heavy (non-hydrogen) atoms. The van der Waals surface area contributed by atoms with Crippen LogP contribution in [0, 0.1) is 6.92 Å². The number of rotatable bonds is 5. The fourth-order valence-corrected chi connectivity index (χ4v) is 2.99. The molecule has 0 atom stereocenters. The van der Waals surface area contributed by atoms with Crippen LogP contribution in [0.25, 0.3) is 10.9 Å². The van der Waals surface area contributed by atoms with Crippen LogP contribution in [0.4, 0.5) is 0 Å². The molecule has 0 amide bonds. The van der Waals surface area contributed by atoms with E-state index in [2.05, 4.69) is 15.1 Å². The number of esters is 1. The lowest BCUT2D eigenvalue weighted by Gasteiger charge is -2.10. The molecule has 0 N–H and O–H groups in total. The number of pyridine rings is 1. The van der Waals surface area contributed by atoms with Gasteiger partial charge in [0.2, 0.25) is 0 Å². The number of nitrogens with zero attached hydrogens (tertiary/aromatic N) is 4. The molecular formula is C23H18N4O4. The van der Waals surface area contributed by atoms with Gasteiger partial charge in [-0.2, -0.15) is 9.78 Å². The number of carbonyl (C=O) groups is 1. The predicted octanol–water partition coefficient (Wildman–Crippen LogP) is 3.21. The summed E-state index contributed by atoms with van der Waals surface area (Å²) >= 11 is 0. The standard InChI is InChI=1S/C23H18N4O4/c1-15-26-19-8-4-3-7-18(19)22(28)27(15)25-13-16-9-10-20(21(12-16)30-2)31-23(29)17-6-5-11-24-14-17/h3-14H,1-2H3. The van der Waals surface area contributed by atoms with Crippen molar-refractivity contribution >= 4 is 23.1 Å². The van der Waals surface area contributed by atoms with Gasteiger partial charge >= 0.3 is 5.97 Å². The number of methoxy groups -OCH3 is 1. The first-order valence-corrected chi connectivity index (χ1v) is 9.40. The molecule has 0 spiro atoms. The zero-order valence-electron chi connectivity index (χ0n) is 16.9. The molecule has 0 saturated carbocycles. The summed E-state index contributed by atoms with van der Waals surface area (Å²) < 4.78 is 12.0. The molecular weight excluding hydrogens is 396 g/mol. The van der Waals surface area contributed by atoms with Crippen LogP contribution in [0.1, 0.15) is 21.7 Å². The Morgan fingerprint density at radius 1 is 1.10 bits per heavy atom. The smallest absolute Gasteiger partial charge is 0.345 e. The highest BCUT2D eigenvalue weighted by Gasteiger charge is 2.13. The lowest BCUT2D eigenvalue weighted by atomic mass is 10.2. The summed E-state index contributed by atoms with van der Waals surface area (Å²) in [4.78, 5) is 33.3. The Labute approximate surface area is 177 Å². The second kappa shape index (κ2) is 8.58. The third kappa shape index (κ3) is 4.18. The van der Waals surface area contributed by atoms with Crippen LogP contribution in [0.5, 0.6) is 11.5 Å². The van der Waals surface area contributed by atoms with Gasteiger partial charge in [-0.1, -0.05) is 12.1 Å². The maximum atomic E-state index is 12.7. The Bertz CT molecular complexity index is 1350. The van der Waals surface area contributed by atoms with Crippen molar-refractivity contribution in [1.82, 2.24) is 14.6 Å². The summed E-state index contributed by atoms with van der Waals surface area (Å²) in [6, 6.07) is 15.3. The molecule has 0 bridgehead atoms. The van der Waals surface area contributed by atoms with E-state index in [1.54, 1.807) is 61.7 Å². The lowest BCUT2D eigenvalue weighted by Crippen LogP contribution is -2.20. The number of aryl methyl sites for hydroxylation is 1. The van der Waals surface area contributed by atoms with Crippen LogP contribution >= 0.6 is 0 Å². The highest BCUT2D eigenvalue weighted by molar-refractivity contribution is 5.91. The number of aromatic nitrogens is 3. The molecule has 0 aliphatic heterocycles. The molecule has 0 fully saturated rings. The van der Waals surface area contributed by atoms with Crippen molar-refractivity contribution in [2.45, 2.75) is 6.92 Å². The van der Waals surface area contributed by atoms with Crippen molar-refractivity contribution in [2.24, 2.45) is 5.10 Å². The Morgan fingerprint density at radius 3 is 2.71 bits per heavy atom.